The van der Waals surface area contributed by atoms with Gasteiger partial charge in [0, 0.05) is 6.42 Å². The first-order chi connectivity index (χ1) is 10.0. The van der Waals surface area contributed by atoms with Crippen LogP contribution in [0.1, 0.15) is 18.9 Å². The normalized spacial score (nSPS) is 13.5. The molecule has 0 unspecified atom stereocenters. The van der Waals surface area contributed by atoms with E-state index in [9.17, 15) is 4.79 Å². The molecule has 2 atom stereocenters. The van der Waals surface area contributed by atoms with Crippen LogP contribution in [0.2, 0.25) is 0 Å². The molecular weight excluding hydrogens is 276 g/mol. The summed E-state index contributed by atoms with van der Waals surface area (Å²) < 4.78 is 10.1. The molecule has 6 heteroatoms. The minimum absolute atomic E-state index is 0.193. The molecule has 1 rings (SSSR count). The zero-order valence-electron chi connectivity index (χ0n) is 12.1. The molecule has 1 aromatic rings. The van der Waals surface area contributed by atoms with Crippen molar-refractivity contribution in [3.63, 3.8) is 0 Å². The molecule has 0 saturated heterocycles. The van der Waals surface area contributed by atoms with Crippen molar-refractivity contribution < 1.29 is 29.6 Å². The van der Waals surface area contributed by atoms with Gasteiger partial charge < -0.3 is 24.8 Å². The minimum Gasteiger partial charge on any atom is -0.491 e. The molecular formula is C15H22O6. The van der Waals surface area contributed by atoms with Crippen LogP contribution in [0.25, 0.3) is 0 Å². The maximum Gasteiger partial charge on any atom is 0.306 e. The first-order valence-electron chi connectivity index (χ1n) is 6.85. The smallest absolute Gasteiger partial charge is 0.306 e. The highest BCUT2D eigenvalue weighted by molar-refractivity contribution is 5.69. The second-order valence-electron chi connectivity index (χ2n) is 4.82. The molecule has 0 aliphatic carbocycles. The second kappa shape index (κ2) is 9.33. The predicted octanol–water partition coefficient (Wildman–Crippen LogP) is 0.275. The van der Waals surface area contributed by atoms with Crippen LogP contribution in [0.3, 0.4) is 0 Å². The molecule has 0 aromatic heterocycles. The number of aryl methyl sites for hydroxylation is 1. The van der Waals surface area contributed by atoms with Crippen LogP contribution in [0.15, 0.2) is 24.3 Å². The number of ether oxygens (including phenoxy) is 2. The quantitative estimate of drug-likeness (QED) is 0.567. The summed E-state index contributed by atoms with van der Waals surface area (Å²) in [6.45, 7) is 1.26. The average molecular weight is 298 g/mol. The summed E-state index contributed by atoms with van der Waals surface area (Å²) in [4.78, 5) is 11.4. The fraction of sp³-hybridized carbons (Fsp3) is 0.533. The molecule has 3 N–H and O–H groups in total. The maximum atomic E-state index is 11.4. The lowest BCUT2D eigenvalue weighted by atomic mass is 10.1. The van der Waals surface area contributed by atoms with E-state index in [1.807, 2.05) is 12.1 Å². The Morgan fingerprint density at radius 3 is 2.43 bits per heavy atom. The highest BCUT2D eigenvalue weighted by Crippen LogP contribution is 2.14. The number of aliphatic hydroxyl groups is 3. The Balaban J connectivity index is 2.30. The fourth-order valence-corrected chi connectivity index (χ4v) is 1.53. The highest BCUT2D eigenvalue weighted by atomic mass is 16.5. The predicted molar refractivity (Wildman–Crippen MR) is 76.0 cm³/mol. The van der Waals surface area contributed by atoms with Crippen LogP contribution in [0.5, 0.6) is 5.75 Å². The number of carbonyl (C=O) groups is 1. The summed E-state index contributed by atoms with van der Waals surface area (Å²) >= 11 is 0. The van der Waals surface area contributed by atoms with Gasteiger partial charge in [0.1, 0.15) is 25.1 Å². The Morgan fingerprint density at radius 1 is 1.19 bits per heavy atom. The van der Waals surface area contributed by atoms with Gasteiger partial charge in [-0.1, -0.05) is 12.1 Å². The Hall–Kier alpha value is -1.63. The van der Waals surface area contributed by atoms with E-state index in [2.05, 4.69) is 0 Å². The van der Waals surface area contributed by atoms with Crippen molar-refractivity contribution in [2.24, 2.45) is 0 Å². The van der Waals surface area contributed by atoms with Crippen LogP contribution in [0.4, 0.5) is 0 Å². The SMILES string of the molecule is C[C@H](O)COc1ccc(CCC(=O)OC[C@@H](O)CO)cc1. The van der Waals surface area contributed by atoms with Gasteiger partial charge in [-0.3, -0.25) is 4.79 Å². The van der Waals surface area contributed by atoms with Gasteiger partial charge in [0.2, 0.25) is 0 Å². The zero-order chi connectivity index (χ0) is 15.7. The van der Waals surface area contributed by atoms with Crippen molar-refractivity contribution in [2.75, 3.05) is 19.8 Å². The minimum atomic E-state index is -1.03. The standard InChI is InChI=1S/C15H22O6/c1-11(17)9-20-14-5-2-12(3-6-14)4-7-15(19)21-10-13(18)8-16/h2-3,5-6,11,13,16-18H,4,7-10H2,1H3/t11-,13-/m0/s1. The topological polar surface area (TPSA) is 96.2 Å². The summed E-state index contributed by atoms with van der Waals surface area (Å²) in [6, 6.07) is 7.23. The summed E-state index contributed by atoms with van der Waals surface area (Å²) in [6.07, 6.45) is -0.829. The van der Waals surface area contributed by atoms with Gasteiger partial charge in [0.15, 0.2) is 0 Å². The van der Waals surface area contributed by atoms with E-state index in [1.54, 1.807) is 19.1 Å². The summed E-state index contributed by atoms with van der Waals surface area (Å²) in [5.41, 5.74) is 0.957. The van der Waals surface area contributed by atoms with Crippen LogP contribution < -0.4 is 4.74 Å². The fourth-order valence-electron chi connectivity index (χ4n) is 1.53. The number of benzene rings is 1. The summed E-state index contributed by atoms with van der Waals surface area (Å²) in [5.74, 6) is 0.241. The third-order valence-corrected chi connectivity index (χ3v) is 2.68. The number of hydrogen-bond acceptors (Lipinski definition) is 6. The van der Waals surface area contributed by atoms with Gasteiger partial charge in [-0.05, 0) is 31.0 Å². The monoisotopic (exact) mass is 298 g/mol. The zero-order valence-corrected chi connectivity index (χ0v) is 12.1. The molecule has 118 valence electrons. The van der Waals surface area contributed by atoms with Crippen LogP contribution in [-0.4, -0.2) is 53.3 Å². The molecule has 0 saturated carbocycles. The third kappa shape index (κ3) is 7.65. The van der Waals surface area contributed by atoms with E-state index in [-0.39, 0.29) is 19.6 Å². The van der Waals surface area contributed by atoms with E-state index >= 15 is 0 Å². The van der Waals surface area contributed by atoms with Crippen LogP contribution in [0, 0.1) is 0 Å². The first-order valence-corrected chi connectivity index (χ1v) is 6.85. The lowest BCUT2D eigenvalue weighted by Gasteiger charge is -2.09. The second-order valence-corrected chi connectivity index (χ2v) is 4.82. The molecule has 6 nitrogen and oxygen atoms in total. The van der Waals surface area contributed by atoms with Crippen molar-refractivity contribution in [1.29, 1.82) is 0 Å². The molecule has 0 aliphatic rings. The molecule has 0 bridgehead atoms. The van der Waals surface area contributed by atoms with E-state index in [1.165, 1.54) is 0 Å². The van der Waals surface area contributed by atoms with Gasteiger partial charge >= 0.3 is 5.97 Å². The molecule has 0 heterocycles. The van der Waals surface area contributed by atoms with Crippen LogP contribution in [-0.2, 0) is 16.0 Å². The summed E-state index contributed by atoms with van der Waals surface area (Å²) in [5, 5.41) is 26.8. The van der Waals surface area contributed by atoms with E-state index < -0.39 is 24.8 Å². The van der Waals surface area contributed by atoms with Crippen molar-refractivity contribution >= 4 is 5.97 Å². The molecule has 1 aromatic carbocycles. The Kier molecular flexibility index (Phi) is 7.74. The van der Waals surface area contributed by atoms with Gasteiger partial charge in [-0.2, -0.15) is 0 Å². The number of hydrogen-bond donors (Lipinski definition) is 3. The van der Waals surface area contributed by atoms with Crippen molar-refractivity contribution in [3.8, 4) is 5.75 Å². The molecule has 0 fully saturated rings. The van der Waals surface area contributed by atoms with Gasteiger partial charge in [0.05, 0.1) is 12.7 Å². The van der Waals surface area contributed by atoms with E-state index in [4.69, 9.17) is 24.8 Å². The number of rotatable bonds is 9. The van der Waals surface area contributed by atoms with Gasteiger partial charge in [-0.15, -0.1) is 0 Å². The maximum absolute atomic E-state index is 11.4. The lowest BCUT2D eigenvalue weighted by Crippen LogP contribution is -2.22. The molecule has 21 heavy (non-hydrogen) atoms. The first kappa shape index (κ1) is 17.4. The lowest BCUT2D eigenvalue weighted by molar-refractivity contribution is -0.147. The molecule has 0 spiro atoms. The van der Waals surface area contributed by atoms with Gasteiger partial charge in [0.25, 0.3) is 0 Å². The Labute approximate surface area is 123 Å². The van der Waals surface area contributed by atoms with E-state index in [0.717, 1.165) is 5.56 Å². The van der Waals surface area contributed by atoms with Gasteiger partial charge in [-0.25, -0.2) is 0 Å². The molecule has 0 aliphatic heterocycles. The highest BCUT2D eigenvalue weighted by Gasteiger charge is 2.08. The Morgan fingerprint density at radius 2 is 1.86 bits per heavy atom. The molecule has 0 radical (unpaired) electrons. The number of carbonyl (C=O) groups excluding carboxylic acids is 1. The van der Waals surface area contributed by atoms with Crippen molar-refractivity contribution in [2.45, 2.75) is 32.0 Å². The van der Waals surface area contributed by atoms with Crippen molar-refractivity contribution in [1.82, 2.24) is 0 Å². The third-order valence-electron chi connectivity index (χ3n) is 2.68. The van der Waals surface area contributed by atoms with E-state index in [0.29, 0.717) is 12.2 Å². The average Bonchev–Trinajstić information content (AvgIpc) is 2.49. The Bertz CT molecular complexity index is 415. The summed E-state index contributed by atoms with van der Waals surface area (Å²) in [7, 11) is 0. The number of esters is 1. The number of aliphatic hydroxyl groups excluding tert-OH is 3. The molecule has 0 amide bonds. The largest absolute Gasteiger partial charge is 0.491 e. The van der Waals surface area contributed by atoms with Crippen LogP contribution >= 0.6 is 0 Å². The van der Waals surface area contributed by atoms with Crippen molar-refractivity contribution in [3.05, 3.63) is 29.8 Å².